The number of hydrogen-bond donors (Lipinski definition) is 3. The van der Waals surface area contributed by atoms with Gasteiger partial charge in [-0.15, -0.1) is 0 Å². The van der Waals surface area contributed by atoms with E-state index in [1.165, 1.54) is 0 Å². The van der Waals surface area contributed by atoms with E-state index >= 15 is 0 Å². The van der Waals surface area contributed by atoms with Crippen molar-refractivity contribution in [1.29, 1.82) is 0 Å². The van der Waals surface area contributed by atoms with Crippen LogP contribution >= 0.6 is 0 Å². The van der Waals surface area contributed by atoms with Crippen LogP contribution in [0.15, 0.2) is 72.0 Å². The summed E-state index contributed by atoms with van der Waals surface area (Å²) in [7, 11) is 1.83. The number of aliphatic hydroxyl groups is 1. The molecule has 0 amide bonds. The third kappa shape index (κ3) is 6.09. The zero-order valence-corrected chi connectivity index (χ0v) is 17.7. The molecule has 0 radical (unpaired) electrons. The van der Waals surface area contributed by atoms with Gasteiger partial charge in [0.05, 0.1) is 19.3 Å². The van der Waals surface area contributed by atoms with Gasteiger partial charge < -0.3 is 20.5 Å². The van der Waals surface area contributed by atoms with Gasteiger partial charge in [-0.25, -0.2) is 4.99 Å². The molecule has 158 valence electrons. The number of rotatable bonds is 8. The molecule has 0 aliphatic heterocycles. The van der Waals surface area contributed by atoms with Gasteiger partial charge >= 0.3 is 0 Å². The summed E-state index contributed by atoms with van der Waals surface area (Å²) in [5, 5.41) is 21.3. The highest BCUT2D eigenvalue weighted by molar-refractivity contribution is 5.79. The van der Waals surface area contributed by atoms with Crippen molar-refractivity contribution >= 4 is 5.96 Å². The van der Waals surface area contributed by atoms with Gasteiger partial charge in [-0.3, -0.25) is 4.68 Å². The highest BCUT2D eigenvalue weighted by Crippen LogP contribution is 2.21. The van der Waals surface area contributed by atoms with Gasteiger partial charge in [0.1, 0.15) is 17.1 Å². The van der Waals surface area contributed by atoms with E-state index in [0.29, 0.717) is 19.0 Å². The van der Waals surface area contributed by atoms with Crippen LogP contribution in [0.3, 0.4) is 0 Å². The van der Waals surface area contributed by atoms with E-state index in [9.17, 15) is 5.11 Å². The topological polar surface area (TPSA) is 83.7 Å². The molecule has 0 aliphatic carbocycles. The monoisotopic (exact) mass is 407 g/mol. The zero-order chi connectivity index (χ0) is 21.4. The second-order valence-corrected chi connectivity index (χ2v) is 7.28. The Morgan fingerprint density at radius 2 is 1.80 bits per heavy atom. The molecule has 1 heterocycles. The summed E-state index contributed by atoms with van der Waals surface area (Å²) in [6.07, 6.45) is 3.48. The average molecular weight is 408 g/mol. The number of aromatic nitrogens is 2. The summed E-state index contributed by atoms with van der Waals surface area (Å²) < 4.78 is 7.50. The molecule has 0 spiro atoms. The SMILES string of the molecule is CCNC(=NCc1ccc(Oc2ccccc2)cc1)NCC(C)(O)c1cnn(C)c1. The largest absolute Gasteiger partial charge is 0.457 e. The number of benzene rings is 2. The first-order chi connectivity index (χ1) is 14.5. The minimum atomic E-state index is -1.05. The van der Waals surface area contributed by atoms with Crippen LogP contribution in [0.5, 0.6) is 11.5 Å². The lowest BCUT2D eigenvalue weighted by atomic mass is 10.00. The van der Waals surface area contributed by atoms with Gasteiger partial charge in [0, 0.05) is 25.4 Å². The summed E-state index contributed by atoms with van der Waals surface area (Å²) in [5.74, 6) is 2.24. The lowest BCUT2D eigenvalue weighted by Gasteiger charge is -2.23. The van der Waals surface area contributed by atoms with Crippen molar-refractivity contribution in [3.05, 3.63) is 78.1 Å². The van der Waals surface area contributed by atoms with Crippen molar-refractivity contribution in [2.45, 2.75) is 26.0 Å². The third-order valence-corrected chi connectivity index (χ3v) is 4.59. The average Bonchev–Trinajstić information content (AvgIpc) is 3.19. The third-order valence-electron chi connectivity index (χ3n) is 4.59. The molecule has 3 rings (SSSR count). The van der Waals surface area contributed by atoms with E-state index in [-0.39, 0.29) is 0 Å². The number of aryl methyl sites for hydroxylation is 1. The molecule has 3 aromatic rings. The van der Waals surface area contributed by atoms with Crippen molar-refractivity contribution in [1.82, 2.24) is 20.4 Å². The van der Waals surface area contributed by atoms with Gasteiger partial charge in [0.15, 0.2) is 5.96 Å². The Bertz CT molecular complexity index is 949. The first-order valence-corrected chi connectivity index (χ1v) is 10.0. The Balaban J connectivity index is 1.58. The van der Waals surface area contributed by atoms with Crippen molar-refractivity contribution in [3.63, 3.8) is 0 Å². The predicted octanol–water partition coefficient (Wildman–Crippen LogP) is 3.18. The van der Waals surface area contributed by atoms with Crippen molar-refractivity contribution in [2.75, 3.05) is 13.1 Å². The van der Waals surface area contributed by atoms with Crippen LogP contribution in [0.25, 0.3) is 0 Å². The number of aliphatic imine (C=N–C) groups is 1. The number of para-hydroxylation sites is 1. The lowest BCUT2D eigenvalue weighted by Crippen LogP contribution is -2.44. The van der Waals surface area contributed by atoms with Crippen LogP contribution in [0.2, 0.25) is 0 Å². The number of nitrogens with zero attached hydrogens (tertiary/aromatic N) is 3. The summed E-state index contributed by atoms with van der Waals surface area (Å²) in [6, 6.07) is 17.6. The minimum absolute atomic E-state index is 0.314. The Morgan fingerprint density at radius 3 is 2.43 bits per heavy atom. The maximum atomic E-state index is 10.7. The Labute approximate surface area is 177 Å². The smallest absolute Gasteiger partial charge is 0.191 e. The van der Waals surface area contributed by atoms with Crippen LogP contribution in [0.1, 0.15) is 25.0 Å². The zero-order valence-electron chi connectivity index (χ0n) is 17.7. The standard InChI is InChI=1S/C23H29N5O2/c1-4-24-22(26-17-23(2,29)19-15-27-28(3)16-19)25-14-18-10-12-21(13-11-18)30-20-8-6-5-7-9-20/h5-13,15-16,29H,4,14,17H2,1-3H3,(H2,24,25,26). The first kappa shape index (κ1) is 21.4. The fraction of sp³-hybridized carbons (Fsp3) is 0.304. The molecule has 7 heteroatoms. The van der Waals surface area contributed by atoms with Crippen molar-refractivity contribution in [3.8, 4) is 11.5 Å². The Hall–Kier alpha value is -3.32. The Kier molecular flexibility index (Phi) is 7.08. The number of guanidine groups is 1. The van der Waals surface area contributed by atoms with Crippen LogP contribution in [-0.2, 0) is 19.2 Å². The van der Waals surface area contributed by atoms with Crippen LogP contribution in [0, 0.1) is 0 Å². The summed E-state index contributed by atoms with van der Waals surface area (Å²) in [5.41, 5.74) is 0.759. The quantitative estimate of drug-likeness (QED) is 0.395. The van der Waals surface area contributed by atoms with Gasteiger partial charge in [-0.1, -0.05) is 30.3 Å². The molecule has 2 aromatic carbocycles. The molecule has 0 saturated carbocycles. The fourth-order valence-electron chi connectivity index (χ4n) is 2.86. The van der Waals surface area contributed by atoms with E-state index < -0.39 is 5.60 Å². The molecule has 3 N–H and O–H groups in total. The number of ether oxygens (including phenoxy) is 1. The molecule has 1 unspecified atom stereocenters. The molecular weight excluding hydrogens is 378 g/mol. The molecule has 0 aliphatic rings. The van der Waals surface area contributed by atoms with Crippen LogP contribution < -0.4 is 15.4 Å². The highest BCUT2D eigenvalue weighted by Gasteiger charge is 2.24. The van der Waals surface area contributed by atoms with E-state index in [0.717, 1.165) is 29.2 Å². The normalized spacial score (nSPS) is 13.5. The Morgan fingerprint density at radius 1 is 1.10 bits per heavy atom. The highest BCUT2D eigenvalue weighted by atomic mass is 16.5. The van der Waals surface area contributed by atoms with E-state index in [2.05, 4.69) is 20.7 Å². The van der Waals surface area contributed by atoms with E-state index in [1.54, 1.807) is 17.8 Å². The fourth-order valence-corrected chi connectivity index (χ4v) is 2.86. The van der Waals surface area contributed by atoms with Crippen LogP contribution in [-0.4, -0.2) is 33.9 Å². The molecule has 0 bridgehead atoms. The number of nitrogens with one attached hydrogen (secondary N) is 2. The predicted molar refractivity (Wildman–Crippen MR) is 119 cm³/mol. The summed E-state index contributed by atoms with van der Waals surface area (Å²) in [4.78, 5) is 4.62. The second kappa shape index (κ2) is 9.93. The van der Waals surface area contributed by atoms with Gasteiger partial charge in [0.2, 0.25) is 0 Å². The number of hydrogen-bond acceptors (Lipinski definition) is 4. The molecule has 30 heavy (non-hydrogen) atoms. The van der Waals surface area contributed by atoms with E-state index in [1.807, 2.05) is 74.8 Å². The lowest BCUT2D eigenvalue weighted by molar-refractivity contribution is 0.0616. The van der Waals surface area contributed by atoms with Crippen molar-refractivity contribution in [2.24, 2.45) is 12.0 Å². The first-order valence-electron chi connectivity index (χ1n) is 10.0. The van der Waals surface area contributed by atoms with E-state index in [4.69, 9.17) is 4.74 Å². The molecule has 0 fully saturated rings. The second-order valence-electron chi connectivity index (χ2n) is 7.28. The molecule has 1 atom stereocenters. The van der Waals surface area contributed by atoms with Gasteiger partial charge in [-0.05, 0) is 43.7 Å². The molecular formula is C23H29N5O2. The van der Waals surface area contributed by atoms with Crippen molar-refractivity contribution < 1.29 is 9.84 Å². The molecule has 0 saturated heterocycles. The van der Waals surface area contributed by atoms with Gasteiger partial charge in [0.25, 0.3) is 0 Å². The summed E-state index contributed by atoms with van der Waals surface area (Å²) >= 11 is 0. The molecule has 1 aromatic heterocycles. The van der Waals surface area contributed by atoms with Gasteiger partial charge in [-0.2, -0.15) is 5.10 Å². The maximum Gasteiger partial charge on any atom is 0.191 e. The molecule has 7 nitrogen and oxygen atoms in total. The maximum absolute atomic E-state index is 10.7. The minimum Gasteiger partial charge on any atom is -0.457 e. The van der Waals surface area contributed by atoms with Crippen LogP contribution in [0.4, 0.5) is 0 Å². The summed E-state index contributed by atoms with van der Waals surface area (Å²) in [6.45, 7) is 5.31.